The van der Waals surface area contributed by atoms with E-state index in [4.69, 9.17) is 4.74 Å². The van der Waals surface area contributed by atoms with Crippen molar-refractivity contribution in [3.63, 3.8) is 0 Å². The quantitative estimate of drug-likeness (QED) is 0.555. The van der Waals surface area contributed by atoms with Crippen LogP contribution in [0, 0.1) is 18.8 Å². The van der Waals surface area contributed by atoms with Gasteiger partial charge in [0.1, 0.15) is 11.9 Å². The van der Waals surface area contributed by atoms with Gasteiger partial charge in [0.2, 0.25) is 0 Å². The Balaban J connectivity index is 1.37. The van der Waals surface area contributed by atoms with Crippen molar-refractivity contribution in [2.24, 2.45) is 0 Å². The summed E-state index contributed by atoms with van der Waals surface area (Å²) in [6.07, 6.45) is 4.57. The van der Waals surface area contributed by atoms with E-state index in [1.807, 2.05) is 50.4 Å². The molecule has 35 heavy (non-hydrogen) atoms. The number of piperidine rings is 1. The topological polar surface area (TPSA) is 53.0 Å². The Hall–Kier alpha value is -3.07. The predicted molar refractivity (Wildman–Crippen MR) is 135 cm³/mol. The standard InChI is InChI=1S/C30H32N2O3/c1-4-16-32-17-15-29-27-22-9-6-10-24(27)35-28(29)23(13-14-30(29,34)25(32)19-22)31(3)26(33)12-11-21-8-5-7-20(2)18-21/h4-10,18,23,25,28,34H,1,13-17,19H2,2-3H3/t23-,25-,28+,29+,30-/m1/s1. The fourth-order valence-electron chi connectivity index (χ4n) is 7.44. The van der Waals surface area contributed by atoms with E-state index in [9.17, 15) is 9.90 Å². The van der Waals surface area contributed by atoms with Gasteiger partial charge in [-0.2, -0.15) is 0 Å². The summed E-state index contributed by atoms with van der Waals surface area (Å²) in [6, 6.07) is 14.0. The van der Waals surface area contributed by atoms with Crippen molar-refractivity contribution in [3.8, 4) is 17.6 Å². The van der Waals surface area contributed by atoms with E-state index in [1.54, 1.807) is 4.90 Å². The molecule has 1 N–H and O–H groups in total. The number of aryl methyl sites for hydroxylation is 1. The average Bonchev–Trinajstić information content (AvgIpc) is 3.19. The zero-order valence-corrected chi connectivity index (χ0v) is 20.5. The maximum atomic E-state index is 13.2. The highest BCUT2D eigenvalue weighted by Crippen LogP contribution is 2.64. The van der Waals surface area contributed by atoms with Gasteiger partial charge < -0.3 is 14.7 Å². The number of hydrogen-bond donors (Lipinski definition) is 1. The van der Waals surface area contributed by atoms with E-state index in [-0.39, 0.29) is 24.1 Å². The molecule has 2 bridgehead atoms. The van der Waals surface area contributed by atoms with E-state index in [2.05, 4.69) is 35.5 Å². The van der Waals surface area contributed by atoms with Gasteiger partial charge in [-0.1, -0.05) is 36.3 Å². The lowest BCUT2D eigenvalue weighted by Gasteiger charge is -2.64. The molecule has 5 heteroatoms. The number of rotatable bonds is 3. The highest BCUT2D eigenvalue weighted by atomic mass is 16.5. The first-order chi connectivity index (χ1) is 16.9. The zero-order chi connectivity index (χ0) is 24.4. The van der Waals surface area contributed by atoms with Crippen molar-refractivity contribution in [2.45, 2.75) is 61.8 Å². The fourth-order valence-corrected chi connectivity index (χ4v) is 7.44. The summed E-state index contributed by atoms with van der Waals surface area (Å²) >= 11 is 0. The van der Waals surface area contributed by atoms with Gasteiger partial charge in [0.15, 0.2) is 0 Å². The molecule has 1 amide bonds. The molecular formula is C30H32N2O3. The average molecular weight is 469 g/mol. The lowest BCUT2D eigenvalue weighted by Crippen LogP contribution is -2.78. The summed E-state index contributed by atoms with van der Waals surface area (Å²) in [5.41, 5.74) is 2.99. The van der Waals surface area contributed by atoms with Crippen molar-refractivity contribution in [1.82, 2.24) is 9.80 Å². The molecule has 180 valence electrons. The Kier molecular flexibility index (Phi) is 5.11. The number of nitrogens with zero attached hydrogens (tertiary/aromatic N) is 2. The predicted octanol–water partition coefficient (Wildman–Crippen LogP) is 3.21. The fraction of sp³-hybridized carbons (Fsp3) is 0.433. The molecule has 1 spiro atoms. The smallest absolute Gasteiger partial charge is 0.298 e. The van der Waals surface area contributed by atoms with Gasteiger partial charge in [-0.3, -0.25) is 9.69 Å². The molecule has 4 aliphatic rings. The number of likely N-dealkylation sites (tertiary alicyclic amines) is 1. The molecule has 2 aromatic carbocycles. The minimum Gasteiger partial charge on any atom is -0.487 e. The maximum absolute atomic E-state index is 13.2. The molecule has 0 radical (unpaired) electrons. The van der Waals surface area contributed by atoms with E-state index in [0.717, 1.165) is 42.8 Å². The van der Waals surface area contributed by atoms with Crippen LogP contribution >= 0.6 is 0 Å². The SMILES string of the molecule is C=CCN1CC[C@]23c4c5cccc4O[C@H]2[C@H](N(C)C(=O)C#Cc2cccc(C)c2)CC[C@@]3(O)[C@H]1C5. The summed E-state index contributed by atoms with van der Waals surface area (Å²) in [6.45, 7) is 7.61. The lowest BCUT2D eigenvalue weighted by atomic mass is 9.48. The van der Waals surface area contributed by atoms with Crippen LogP contribution < -0.4 is 4.74 Å². The molecule has 2 aliphatic carbocycles. The molecule has 2 aromatic rings. The number of benzene rings is 2. The number of hydrogen-bond acceptors (Lipinski definition) is 4. The van der Waals surface area contributed by atoms with Crippen molar-refractivity contribution < 1.29 is 14.6 Å². The van der Waals surface area contributed by atoms with Crippen LogP contribution in [0.1, 0.15) is 41.5 Å². The van der Waals surface area contributed by atoms with Gasteiger partial charge in [-0.15, -0.1) is 6.58 Å². The van der Waals surface area contributed by atoms with Crippen molar-refractivity contribution in [3.05, 3.63) is 77.4 Å². The molecule has 6 rings (SSSR count). The van der Waals surface area contributed by atoms with Gasteiger partial charge in [0.25, 0.3) is 5.91 Å². The largest absolute Gasteiger partial charge is 0.487 e. The first-order valence-electron chi connectivity index (χ1n) is 12.6. The van der Waals surface area contributed by atoms with Gasteiger partial charge in [0.05, 0.1) is 17.1 Å². The minimum atomic E-state index is -0.897. The Bertz CT molecular complexity index is 1280. The number of carbonyl (C=O) groups excluding carboxylic acids is 1. The third kappa shape index (κ3) is 3.06. The second kappa shape index (κ2) is 7.98. The molecule has 2 heterocycles. The Morgan fingerprint density at radius 1 is 1.31 bits per heavy atom. The summed E-state index contributed by atoms with van der Waals surface area (Å²) < 4.78 is 6.66. The van der Waals surface area contributed by atoms with E-state index in [0.29, 0.717) is 12.8 Å². The van der Waals surface area contributed by atoms with Crippen LogP contribution in [0.2, 0.25) is 0 Å². The van der Waals surface area contributed by atoms with Crippen LogP contribution in [0.15, 0.2) is 55.1 Å². The Morgan fingerprint density at radius 2 is 2.14 bits per heavy atom. The van der Waals surface area contributed by atoms with E-state index < -0.39 is 11.0 Å². The third-order valence-corrected chi connectivity index (χ3v) is 8.95. The molecule has 1 saturated carbocycles. The van der Waals surface area contributed by atoms with E-state index in [1.165, 1.54) is 11.1 Å². The molecule has 5 atom stereocenters. The number of aliphatic hydroxyl groups is 1. The van der Waals surface area contributed by atoms with Crippen LogP contribution in [-0.4, -0.2) is 64.7 Å². The third-order valence-electron chi connectivity index (χ3n) is 8.95. The molecule has 1 saturated heterocycles. The summed E-state index contributed by atoms with van der Waals surface area (Å²) in [4.78, 5) is 17.4. The van der Waals surface area contributed by atoms with Crippen molar-refractivity contribution in [2.75, 3.05) is 20.1 Å². The van der Waals surface area contributed by atoms with Gasteiger partial charge in [-0.25, -0.2) is 0 Å². The van der Waals surface area contributed by atoms with Gasteiger partial charge in [0, 0.05) is 36.7 Å². The second-order valence-electron chi connectivity index (χ2n) is 10.6. The molecular weight excluding hydrogens is 436 g/mol. The summed E-state index contributed by atoms with van der Waals surface area (Å²) in [5.74, 6) is 6.54. The lowest BCUT2D eigenvalue weighted by molar-refractivity contribution is -0.197. The van der Waals surface area contributed by atoms with Crippen LogP contribution in [0.4, 0.5) is 0 Å². The Morgan fingerprint density at radius 3 is 2.94 bits per heavy atom. The number of amides is 1. The van der Waals surface area contributed by atoms with Crippen LogP contribution in [0.5, 0.6) is 5.75 Å². The van der Waals surface area contributed by atoms with Gasteiger partial charge >= 0.3 is 0 Å². The van der Waals surface area contributed by atoms with Crippen LogP contribution in [0.25, 0.3) is 0 Å². The number of carbonyl (C=O) groups is 1. The highest BCUT2D eigenvalue weighted by molar-refractivity contribution is 5.94. The maximum Gasteiger partial charge on any atom is 0.298 e. The normalized spacial score (nSPS) is 32.0. The van der Waals surface area contributed by atoms with E-state index >= 15 is 0 Å². The van der Waals surface area contributed by atoms with Crippen LogP contribution in [-0.2, 0) is 16.6 Å². The molecule has 0 unspecified atom stereocenters. The summed E-state index contributed by atoms with van der Waals surface area (Å²) in [5, 5.41) is 12.4. The second-order valence-corrected chi connectivity index (χ2v) is 10.6. The molecule has 0 aromatic heterocycles. The number of likely N-dealkylation sites (N-methyl/N-ethyl adjacent to an activating group) is 1. The molecule has 2 aliphatic heterocycles. The molecule has 5 nitrogen and oxygen atoms in total. The first kappa shape index (κ1) is 22.4. The minimum absolute atomic E-state index is 0.0178. The molecule has 2 fully saturated rings. The van der Waals surface area contributed by atoms with Crippen molar-refractivity contribution >= 4 is 5.91 Å². The first-order valence-corrected chi connectivity index (χ1v) is 12.6. The van der Waals surface area contributed by atoms with Gasteiger partial charge in [-0.05, 0) is 68.5 Å². The highest BCUT2D eigenvalue weighted by Gasteiger charge is 2.72. The van der Waals surface area contributed by atoms with Crippen molar-refractivity contribution in [1.29, 1.82) is 0 Å². The Labute approximate surface area is 207 Å². The monoisotopic (exact) mass is 468 g/mol. The van der Waals surface area contributed by atoms with Crippen LogP contribution in [0.3, 0.4) is 0 Å². The zero-order valence-electron chi connectivity index (χ0n) is 20.5. The summed E-state index contributed by atoms with van der Waals surface area (Å²) in [7, 11) is 1.83. The number of ether oxygens (including phenoxy) is 1.